The van der Waals surface area contributed by atoms with Crippen molar-refractivity contribution >= 4 is 23.3 Å². The molecule has 1 atom stereocenters. The van der Waals surface area contributed by atoms with Gasteiger partial charge in [0.2, 0.25) is 11.7 Å². The molecule has 1 aliphatic carbocycles. The van der Waals surface area contributed by atoms with Gasteiger partial charge in [0.1, 0.15) is 6.04 Å². The number of hydrogen-bond donors (Lipinski definition) is 1. The van der Waals surface area contributed by atoms with Crippen molar-refractivity contribution < 1.29 is 19.0 Å². The molecule has 3 aromatic rings. The molecule has 0 saturated carbocycles. The van der Waals surface area contributed by atoms with Crippen molar-refractivity contribution in [1.29, 1.82) is 0 Å². The number of fused-ring (bicyclic) bond motifs is 1. The monoisotopic (exact) mass is 466 g/mol. The number of hydrogen-bond acceptors (Lipinski definition) is 7. The number of allylic oxidation sites excluding steroid dienone is 2. The molecule has 0 spiro atoms. The Morgan fingerprint density at radius 1 is 1.03 bits per heavy atom. The summed E-state index contributed by atoms with van der Waals surface area (Å²) in [6, 6.07) is 10.7. The number of benzene rings is 2. The highest BCUT2D eigenvalue weighted by Gasteiger charge is 2.37. The second-order valence-electron chi connectivity index (χ2n) is 7.87. The van der Waals surface area contributed by atoms with Gasteiger partial charge in [0.15, 0.2) is 23.1 Å². The van der Waals surface area contributed by atoms with Gasteiger partial charge in [-0.15, -0.1) is 5.10 Å². The van der Waals surface area contributed by atoms with Crippen molar-refractivity contribution in [3.05, 3.63) is 58.3 Å². The molecule has 1 aromatic heterocycles. The van der Waals surface area contributed by atoms with Gasteiger partial charge in [-0.3, -0.25) is 4.79 Å². The van der Waals surface area contributed by atoms with Crippen molar-refractivity contribution in [1.82, 2.24) is 14.8 Å². The van der Waals surface area contributed by atoms with E-state index in [1.54, 1.807) is 38.1 Å². The van der Waals surface area contributed by atoms with Gasteiger partial charge in [-0.2, -0.15) is 4.98 Å². The Bertz CT molecular complexity index is 1240. The van der Waals surface area contributed by atoms with Crippen LogP contribution in [0.1, 0.15) is 30.9 Å². The topological polar surface area (TPSA) is 87.5 Å². The summed E-state index contributed by atoms with van der Waals surface area (Å²) in [6.45, 7) is 0. The van der Waals surface area contributed by atoms with Crippen LogP contribution in [-0.2, 0) is 4.79 Å². The smallest absolute Gasteiger partial charge is 0.226 e. The summed E-state index contributed by atoms with van der Waals surface area (Å²) >= 11 is 6.12. The van der Waals surface area contributed by atoms with Gasteiger partial charge in [0.05, 0.1) is 21.3 Å². The van der Waals surface area contributed by atoms with Crippen LogP contribution in [0.2, 0.25) is 5.02 Å². The SMILES string of the molecule is COc1cc(-c2nc3n(n2)[C@@H](c2ccc(Cl)cc2)C2=C(CCCC2=O)N3)cc(OC)c1OC. The highest BCUT2D eigenvalue weighted by molar-refractivity contribution is 6.30. The molecule has 1 N–H and O–H groups in total. The van der Waals surface area contributed by atoms with E-state index in [2.05, 4.69) is 5.32 Å². The lowest BCUT2D eigenvalue weighted by Crippen LogP contribution is -2.31. The molecule has 0 bridgehead atoms. The Labute approximate surface area is 196 Å². The molecule has 2 aromatic carbocycles. The van der Waals surface area contributed by atoms with E-state index in [9.17, 15) is 4.79 Å². The van der Waals surface area contributed by atoms with Crippen LogP contribution in [0.5, 0.6) is 17.2 Å². The molecule has 1 aliphatic heterocycles. The van der Waals surface area contributed by atoms with Crippen molar-refractivity contribution in [2.24, 2.45) is 0 Å². The predicted molar refractivity (Wildman–Crippen MR) is 124 cm³/mol. The number of ketones is 1. The van der Waals surface area contributed by atoms with Crippen molar-refractivity contribution in [3.63, 3.8) is 0 Å². The Kier molecular flexibility index (Phi) is 5.46. The normalized spacial score (nSPS) is 17.2. The number of methoxy groups -OCH3 is 3. The third-order valence-electron chi connectivity index (χ3n) is 5.98. The number of Topliss-reactive ketones (excluding diaryl/α,β-unsaturated/α-hetero) is 1. The summed E-state index contributed by atoms with van der Waals surface area (Å²) in [5.41, 5.74) is 3.26. The first-order chi connectivity index (χ1) is 16.0. The third kappa shape index (κ3) is 3.60. The number of nitrogens with one attached hydrogen (secondary N) is 1. The number of rotatable bonds is 5. The number of anilines is 1. The Balaban J connectivity index is 1.66. The molecule has 170 valence electrons. The molecule has 2 heterocycles. The second-order valence-corrected chi connectivity index (χ2v) is 8.30. The maximum Gasteiger partial charge on any atom is 0.226 e. The predicted octanol–water partition coefficient (Wildman–Crippen LogP) is 4.65. The second kappa shape index (κ2) is 8.44. The van der Waals surface area contributed by atoms with Crippen molar-refractivity contribution in [2.75, 3.05) is 26.6 Å². The fourth-order valence-corrected chi connectivity index (χ4v) is 4.57. The standard InChI is InChI=1S/C24H23ClN4O4/c1-31-18-11-14(12-19(32-2)22(18)33-3)23-27-24-26-16-5-4-6-17(30)20(16)21(29(24)28-23)13-7-9-15(25)10-8-13/h7-12,21H,4-6H2,1-3H3,(H,26,27,28)/t21-/m0/s1. The minimum Gasteiger partial charge on any atom is -0.493 e. The zero-order chi connectivity index (χ0) is 23.1. The lowest BCUT2D eigenvalue weighted by Gasteiger charge is -2.32. The summed E-state index contributed by atoms with van der Waals surface area (Å²) < 4.78 is 18.2. The lowest BCUT2D eigenvalue weighted by molar-refractivity contribution is -0.116. The fraction of sp³-hybridized carbons (Fsp3) is 0.292. The summed E-state index contributed by atoms with van der Waals surface area (Å²) in [6.07, 6.45) is 2.12. The van der Waals surface area contributed by atoms with E-state index in [0.717, 1.165) is 29.7 Å². The molecule has 9 heteroatoms. The van der Waals surface area contributed by atoms with Crippen LogP contribution in [0, 0.1) is 0 Å². The van der Waals surface area contributed by atoms with Gasteiger partial charge in [-0.05, 0) is 42.7 Å². The molecule has 0 fully saturated rings. The minimum absolute atomic E-state index is 0.124. The number of carbonyl (C=O) groups is 1. The van der Waals surface area contributed by atoms with E-state index in [-0.39, 0.29) is 11.8 Å². The maximum atomic E-state index is 13.0. The Morgan fingerprint density at radius 2 is 1.73 bits per heavy atom. The minimum atomic E-state index is -0.385. The number of ether oxygens (including phenoxy) is 3. The fourth-order valence-electron chi connectivity index (χ4n) is 4.44. The quantitative estimate of drug-likeness (QED) is 0.585. The number of aromatic nitrogens is 3. The summed E-state index contributed by atoms with van der Waals surface area (Å²) in [7, 11) is 4.68. The number of halogens is 1. The van der Waals surface area contributed by atoms with E-state index in [0.29, 0.717) is 46.0 Å². The van der Waals surface area contributed by atoms with E-state index < -0.39 is 0 Å². The van der Waals surface area contributed by atoms with Gasteiger partial charge < -0.3 is 19.5 Å². The van der Waals surface area contributed by atoms with Crippen molar-refractivity contribution in [3.8, 4) is 28.6 Å². The van der Waals surface area contributed by atoms with Gasteiger partial charge in [0.25, 0.3) is 0 Å². The van der Waals surface area contributed by atoms with Gasteiger partial charge in [-0.25, -0.2) is 4.68 Å². The molecular weight excluding hydrogens is 444 g/mol. The third-order valence-corrected chi connectivity index (χ3v) is 6.23. The molecule has 5 rings (SSSR count). The Morgan fingerprint density at radius 3 is 2.36 bits per heavy atom. The molecule has 0 saturated heterocycles. The molecule has 0 radical (unpaired) electrons. The van der Waals surface area contributed by atoms with E-state index in [4.69, 9.17) is 35.9 Å². The van der Waals surface area contributed by atoms with Crippen LogP contribution in [0.25, 0.3) is 11.4 Å². The zero-order valence-corrected chi connectivity index (χ0v) is 19.3. The van der Waals surface area contributed by atoms with Crippen molar-refractivity contribution in [2.45, 2.75) is 25.3 Å². The van der Waals surface area contributed by atoms with Crippen LogP contribution in [-0.4, -0.2) is 41.9 Å². The molecular formula is C24H23ClN4O4. The largest absolute Gasteiger partial charge is 0.493 e. The summed E-state index contributed by atoms with van der Waals surface area (Å²) in [4.78, 5) is 17.7. The first-order valence-electron chi connectivity index (χ1n) is 10.6. The van der Waals surface area contributed by atoms with E-state index in [1.807, 2.05) is 24.3 Å². The summed E-state index contributed by atoms with van der Waals surface area (Å²) in [5, 5.41) is 8.78. The maximum absolute atomic E-state index is 13.0. The molecule has 0 unspecified atom stereocenters. The average Bonchev–Trinajstić information content (AvgIpc) is 3.26. The highest BCUT2D eigenvalue weighted by Crippen LogP contribution is 2.43. The molecule has 0 amide bonds. The zero-order valence-electron chi connectivity index (χ0n) is 18.5. The first kappa shape index (κ1) is 21.3. The number of carbonyl (C=O) groups excluding carboxylic acids is 1. The van der Waals surface area contributed by atoms with E-state index in [1.165, 1.54) is 0 Å². The summed E-state index contributed by atoms with van der Waals surface area (Å²) in [5.74, 6) is 2.69. The van der Waals surface area contributed by atoms with E-state index >= 15 is 0 Å². The van der Waals surface area contributed by atoms with Crippen LogP contribution in [0.4, 0.5) is 5.95 Å². The average molecular weight is 467 g/mol. The molecule has 8 nitrogen and oxygen atoms in total. The van der Waals surface area contributed by atoms with Gasteiger partial charge in [-0.1, -0.05) is 23.7 Å². The van der Waals surface area contributed by atoms with Crippen LogP contribution in [0.15, 0.2) is 47.7 Å². The first-order valence-corrected chi connectivity index (χ1v) is 11.0. The molecule has 33 heavy (non-hydrogen) atoms. The van der Waals surface area contributed by atoms with Crippen LogP contribution < -0.4 is 19.5 Å². The van der Waals surface area contributed by atoms with Gasteiger partial charge in [0, 0.05) is 28.3 Å². The van der Waals surface area contributed by atoms with Crippen LogP contribution in [0.3, 0.4) is 0 Å². The Hall–Kier alpha value is -3.52. The highest BCUT2D eigenvalue weighted by atomic mass is 35.5. The molecule has 2 aliphatic rings. The van der Waals surface area contributed by atoms with Crippen LogP contribution >= 0.6 is 11.6 Å². The lowest BCUT2D eigenvalue weighted by atomic mass is 9.85. The van der Waals surface area contributed by atoms with Gasteiger partial charge >= 0.3 is 0 Å². The number of nitrogens with zero attached hydrogens (tertiary/aromatic N) is 3.